The quantitative estimate of drug-likeness (QED) is 0.676. The Balaban J connectivity index is 1.14. The molecule has 7 nitrogen and oxygen atoms in total. The molecule has 1 saturated carbocycles. The van der Waals surface area contributed by atoms with Crippen molar-refractivity contribution in [2.75, 3.05) is 39.4 Å². The van der Waals surface area contributed by atoms with Crippen LogP contribution in [-0.2, 0) is 11.2 Å². The summed E-state index contributed by atoms with van der Waals surface area (Å²) < 4.78 is 5.36. The van der Waals surface area contributed by atoms with Crippen LogP contribution in [0.4, 0.5) is 4.79 Å². The number of morpholine rings is 1. The van der Waals surface area contributed by atoms with Crippen LogP contribution in [0.2, 0.25) is 0 Å². The van der Waals surface area contributed by atoms with Crippen LogP contribution in [0.3, 0.4) is 0 Å². The lowest BCUT2D eigenvalue weighted by Crippen LogP contribution is -2.45. The second kappa shape index (κ2) is 10.5. The number of carbonyl (C=O) groups is 2. The van der Waals surface area contributed by atoms with Gasteiger partial charge in [-0.1, -0.05) is 37.1 Å². The minimum absolute atomic E-state index is 0.0577. The highest BCUT2D eigenvalue weighted by molar-refractivity contribution is 5.95. The van der Waals surface area contributed by atoms with E-state index in [1.54, 1.807) is 0 Å². The summed E-state index contributed by atoms with van der Waals surface area (Å²) >= 11 is 0. The van der Waals surface area contributed by atoms with E-state index in [-0.39, 0.29) is 11.9 Å². The van der Waals surface area contributed by atoms with Gasteiger partial charge in [0.05, 0.1) is 18.9 Å². The third kappa shape index (κ3) is 5.05. The number of hydrogen-bond donors (Lipinski definition) is 1. The molecule has 2 fully saturated rings. The zero-order valence-corrected chi connectivity index (χ0v) is 21.2. The van der Waals surface area contributed by atoms with E-state index in [4.69, 9.17) is 9.72 Å². The van der Waals surface area contributed by atoms with Crippen LogP contribution < -0.4 is 5.32 Å². The molecular weight excluding hydrogens is 464 g/mol. The number of urea groups is 1. The van der Waals surface area contributed by atoms with Gasteiger partial charge in [-0.2, -0.15) is 0 Å². The van der Waals surface area contributed by atoms with Gasteiger partial charge in [0.2, 0.25) is 0 Å². The van der Waals surface area contributed by atoms with Crippen molar-refractivity contribution >= 4 is 17.5 Å². The Labute approximate surface area is 218 Å². The van der Waals surface area contributed by atoms with E-state index in [0.717, 1.165) is 49.0 Å². The first kappa shape index (κ1) is 23.9. The molecule has 3 amide bonds. The minimum atomic E-state index is 0.0577. The molecule has 1 N–H and O–H groups in total. The van der Waals surface area contributed by atoms with Crippen molar-refractivity contribution in [2.45, 2.75) is 44.6 Å². The van der Waals surface area contributed by atoms with Gasteiger partial charge in [-0.25, -0.2) is 4.79 Å². The van der Waals surface area contributed by atoms with Crippen molar-refractivity contribution in [1.29, 1.82) is 0 Å². The van der Waals surface area contributed by atoms with Crippen molar-refractivity contribution in [3.05, 3.63) is 71.1 Å². The third-order valence-electron chi connectivity index (χ3n) is 8.05. The molecule has 3 heterocycles. The standard InChI is InChI=1S/C30H34N4O3/c35-29(33-15-17-37-18-16-33)23-7-5-21(6-8-23)24-19-27-26(9-10-28(27)31-20-24)22-11-13-34(14-12-22)30(36)32-25-3-1-2-4-25/h5-9,11,19-20,25H,1-4,10,12-18H2,(H,32,36). The number of hydrogen-bond acceptors (Lipinski definition) is 4. The predicted molar refractivity (Wildman–Crippen MR) is 143 cm³/mol. The number of carbonyl (C=O) groups excluding carboxylic acids is 2. The summed E-state index contributed by atoms with van der Waals surface area (Å²) in [5.74, 6) is 0.0577. The Morgan fingerprint density at radius 1 is 0.946 bits per heavy atom. The first-order valence-electron chi connectivity index (χ1n) is 13.6. The second-order valence-electron chi connectivity index (χ2n) is 10.4. The number of rotatable bonds is 4. The molecular formula is C30H34N4O3. The maximum atomic E-state index is 12.8. The lowest BCUT2D eigenvalue weighted by molar-refractivity contribution is 0.0303. The van der Waals surface area contributed by atoms with Gasteiger partial charge >= 0.3 is 6.03 Å². The van der Waals surface area contributed by atoms with Gasteiger partial charge in [-0.05, 0) is 54.2 Å². The number of ether oxygens (including phenoxy) is 1. The van der Waals surface area contributed by atoms with Crippen LogP contribution in [0, 0.1) is 0 Å². The van der Waals surface area contributed by atoms with Gasteiger partial charge in [-0.3, -0.25) is 9.78 Å². The fourth-order valence-electron chi connectivity index (χ4n) is 5.85. The molecule has 0 radical (unpaired) electrons. The molecule has 0 atom stereocenters. The zero-order chi connectivity index (χ0) is 25.2. The molecule has 192 valence electrons. The van der Waals surface area contributed by atoms with Gasteiger partial charge in [0.1, 0.15) is 0 Å². The van der Waals surface area contributed by atoms with Crippen LogP contribution in [0.5, 0.6) is 0 Å². The third-order valence-corrected chi connectivity index (χ3v) is 8.05. The molecule has 0 unspecified atom stereocenters. The van der Waals surface area contributed by atoms with Crippen molar-refractivity contribution in [1.82, 2.24) is 20.1 Å². The molecule has 2 aliphatic heterocycles. The molecule has 37 heavy (non-hydrogen) atoms. The highest BCUT2D eigenvalue weighted by Gasteiger charge is 2.26. The van der Waals surface area contributed by atoms with Crippen molar-refractivity contribution in [3.63, 3.8) is 0 Å². The SMILES string of the molecule is O=C(NC1CCCC1)N1CC=C(C2=CCc3ncc(-c4ccc(C(=O)N5CCOCC5)cc4)cc32)CC1. The molecule has 1 saturated heterocycles. The predicted octanol–water partition coefficient (Wildman–Crippen LogP) is 4.44. The van der Waals surface area contributed by atoms with E-state index in [1.165, 1.54) is 29.6 Å². The van der Waals surface area contributed by atoms with Gasteiger partial charge in [-0.15, -0.1) is 0 Å². The molecule has 6 rings (SSSR count). The summed E-state index contributed by atoms with van der Waals surface area (Å²) in [6, 6.07) is 10.5. The summed E-state index contributed by atoms with van der Waals surface area (Å²) in [5.41, 5.74) is 7.63. The minimum Gasteiger partial charge on any atom is -0.378 e. The topological polar surface area (TPSA) is 74.8 Å². The Morgan fingerprint density at radius 3 is 2.46 bits per heavy atom. The Kier molecular flexibility index (Phi) is 6.79. The molecule has 4 aliphatic rings. The van der Waals surface area contributed by atoms with Crippen LogP contribution >= 0.6 is 0 Å². The van der Waals surface area contributed by atoms with Crippen molar-refractivity contribution < 1.29 is 14.3 Å². The normalized spacial score (nSPS) is 19.9. The van der Waals surface area contributed by atoms with E-state index in [0.29, 0.717) is 44.5 Å². The smallest absolute Gasteiger partial charge is 0.317 e. The monoisotopic (exact) mass is 498 g/mol. The van der Waals surface area contributed by atoms with Crippen molar-refractivity contribution in [3.8, 4) is 11.1 Å². The molecule has 1 aromatic carbocycles. The van der Waals surface area contributed by atoms with Crippen LogP contribution in [-0.4, -0.2) is 72.2 Å². The van der Waals surface area contributed by atoms with Crippen LogP contribution in [0.1, 0.15) is 53.7 Å². The molecule has 7 heteroatoms. The number of nitrogens with one attached hydrogen (secondary N) is 1. The second-order valence-corrected chi connectivity index (χ2v) is 10.4. The van der Waals surface area contributed by atoms with E-state index < -0.39 is 0 Å². The van der Waals surface area contributed by atoms with Crippen LogP contribution in [0.15, 0.2) is 54.3 Å². The van der Waals surface area contributed by atoms with Gasteiger partial charge in [0.25, 0.3) is 5.91 Å². The number of nitrogens with zero attached hydrogens (tertiary/aromatic N) is 3. The molecule has 2 aromatic rings. The van der Waals surface area contributed by atoms with Gasteiger partial charge in [0, 0.05) is 61.5 Å². The number of aromatic nitrogens is 1. The fourth-order valence-corrected chi connectivity index (χ4v) is 5.85. The van der Waals surface area contributed by atoms with E-state index >= 15 is 0 Å². The largest absolute Gasteiger partial charge is 0.378 e. The highest BCUT2D eigenvalue weighted by Crippen LogP contribution is 2.36. The lowest BCUT2D eigenvalue weighted by atomic mass is 9.94. The number of benzene rings is 1. The van der Waals surface area contributed by atoms with Crippen molar-refractivity contribution in [2.24, 2.45) is 0 Å². The lowest BCUT2D eigenvalue weighted by Gasteiger charge is -2.28. The first-order valence-corrected chi connectivity index (χ1v) is 13.6. The van der Waals surface area contributed by atoms with E-state index in [9.17, 15) is 9.59 Å². The summed E-state index contributed by atoms with van der Waals surface area (Å²) in [6.45, 7) is 3.87. The fraction of sp³-hybridized carbons (Fsp3) is 0.433. The average Bonchev–Trinajstić information content (AvgIpc) is 3.63. The Hall–Kier alpha value is -3.45. The number of amides is 3. The highest BCUT2D eigenvalue weighted by atomic mass is 16.5. The average molecular weight is 499 g/mol. The van der Waals surface area contributed by atoms with Gasteiger partial charge in [0.15, 0.2) is 0 Å². The maximum absolute atomic E-state index is 12.8. The summed E-state index contributed by atoms with van der Waals surface area (Å²) in [5, 5.41) is 3.21. The summed E-state index contributed by atoms with van der Waals surface area (Å²) in [4.78, 5) is 34.0. The Morgan fingerprint density at radius 2 is 1.73 bits per heavy atom. The molecule has 0 bridgehead atoms. The van der Waals surface area contributed by atoms with E-state index in [1.807, 2.05) is 40.3 Å². The maximum Gasteiger partial charge on any atom is 0.317 e. The Bertz CT molecular complexity index is 1240. The van der Waals surface area contributed by atoms with Gasteiger partial charge < -0.3 is 19.9 Å². The molecule has 0 spiro atoms. The number of allylic oxidation sites excluding steroid dienone is 2. The number of fused-ring (bicyclic) bond motifs is 1. The zero-order valence-electron chi connectivity index (χ0n) is 21.2. The molecule has 1 aromatic heterocycles. The first-order chi connectivity index (χ1) is 18.2. The molecule has 2 aliphatic carbocycles. The van der Waals surface area contributed by atoms with E-state index in [2.05, 4.69) is 23.5 Å². The summed E-state index contributed by atoms with van der Waals surface area (Å²) in [7, 11) is 0. The van der Waals surface area contributed by atoms with Crippen LogP contribution in [0.25, 0.3) is 16.7 Å². The number of pyridine rings is 1. The summed E-state index contributed by atoms with van der Waals surface area (Å²) in [6.07, 6.45) is 12.7.